The Hall–Kier alpha value is -2.49. The Morgan fingerprint density at radius 2 is 1.78 bits per heavy atom. The van der Waals surface area contributed by atoms with Gasteiger partial charge in [0.2, 0.25) is 17.7 Å². The molecule has 0 aromatic heterocycles. The van der Waals surface area contributed by atoms with Crippen molar-refractivity contribution in [2.45, 2.75) is 74.6 Å². The number of aliphatic hydroxyl groups excluding tert-OH is 1. The van der Waals surface area contributed by atoms with E-state index in [1.54, 1.807) is 26.9 Å². The summed E-state index contributed by atoms with van der Waals surface area (Å²) in [5, 5.41) is 9.19. The summed E-state index contributed by atoms with van der Waals surface area (Å²) in [5.74, 6) is -1.83. The lowest BCUT2D eigenvalue weighted by Crippen LogP contribution is -2.57. The number of likely N-dealkylation sites (tertiary alicyclic amines) is 1. The third-order valence-corrected chi connectivity index (χ3v) is 9.49. The van der Waals surface area contributed by atoms with Gasteiger partial charge in [0.15, 0.2) is 0 Å². The van der Waals surface area contributed by atoms with Crippen molar-refractivity contribution in [3.05, 3.63) is 61.2 Å². The van der Waals surface area contributed by atoms with Crippen LogP contribution in [0.2, 0.25) is 0 Å². The van der Waals surface area contributed by atoms with Crippen LogP contribution in [0.4, 0.5) is 0 Å². The third-order valence-electron chi connectivity index (χ3n) is 8.65. The molecule has 8 nitrogen and oxygen atoms in total. The second-order valence-corrected chi connectivity index (χ2v) is 12.6. The van der Waals surface area contributed by atoms with Crippen molar-refractivity contribution in [2.75, 3.05) is 32.8 Å². The van der Waals surface area contributed by atoms with E-state index in [0.717, 1.165) is 24.8 Å². The summed E-state index contributed by atoms with van der Waals surface area (Å²) in [7, 11) is 0. The maximum Gasteiger partial charge on any atom is 0.248 e. The molecule has 3 unspecified atom stereocenters. The number of fused-ring (bicyclic) bond motifs is 1. The zero-order valence-electron chi connectivity index (χ0n) is 24.1. The van der Waals surface area contributed by atoms with E-state index in [0.29, 0.717) is 52.0 Å². The largest absolute Gasteiger partial charge is 0.396 e. The predicted octanol–water partition coefficient (Wildman–Crippen LogP) is 3.93. The van der Waals surface area contributed by atoms with E-state index in [1.165, 1.54) is 0 Å². The molecule has 1 aromatic carbocycles. The van der Waals surface area contributed by atoms with Gasteiger partial charge < -0.3 is 24.5 Å². The van der Waals surface area contributed by atoms with Crippen LogP contribution in [0, 0.1) is 11.8 Å². The molecule has 3 amide bonds. The van der Waals surface area contributed by atoms with Crippen LogP contribution in [0.5, 0.6) is 0 Å². The molecule has 0 aliphatic carbocycles. The molecule has 0 radical (unpaired) electrons. The van der Waals surface area contributed by atoms with Gasteiger partial charge in [0.05, 0.1) is 17.9 Å². The molecule has 2 bridgehead atoms. The summed E-state index contributed by atoms with van der Waals surface area (Å²) < 4.78 is 6.71. The van der Waals surface area contributed by atoms with E-state index < -0.39 is 29.6 Å². The molecule has 0 saturated carbocycles. The first-order valence-electron chi connectivity index (χ1n) is 14.9. The van der Waals surface area contributed by atoms with Crippen LogP contribution in [0.1, 0.15) is 51.0 Å². The van der Waals surface area contributed by atoms with E-state index in [1.807, 2.05) is 37.3 Å². The Balaban J connectivity index is 1.70. The van der Waals surface area contributed by atoms with Crippen LogP contribution in [-0.2, 0) is 25.7 Å². The van der Waals surface area contributed by atoms with E-state index in [4.69, 9.17) is 4.74 Å². The number of halogens is 1. The molecule has 6 atom stereocenters. The first-order chi connectivity index (χ1) is 19.8. The number of carbonyl (C=O) groups is 3. The lowest BCUT2D eigenvalue weighted by atomic mass is 9.70. The van der Waals surface area contributed by atoms with Crippen LogP contribution in [0.25, 0.3) is 0 Å². The Bertz CT molecular complexity index is 1100. The first kappa shape index (κ1) is 31.4. The molecule has 4 rings (SSSR count). The summed E-state index contributed by atoms with van der Waals surface area (Å²) in [6, 6.07) is 8.95. The van der Waals surface area contributed by atoms with Crippen molar-refractivity contribution in [1.29, 1.82) is 0 Å². The monoisotopic (exact) mass is 629 g/mol. The van der Waals surface area contributed by atoms with Gasteiger partial charge in [0, 0.05) is 44.2 Å². The molecule has 3 aliphatic rings. The molecule has 1 N–H and O–H groups in total. The average molecular weight is 631 g/mol. The van der Waals surface area contributed by atoms with E-state index >= 15 is 0 Å². The van der Waals surface area contributed by atoms with Crippen molar-refractivity contribution in [1.82, 2.24) is 14.7 Å². The predicted molar refractivity (Wildman–Crippen MR) is 162 cm³/mol. The number of aliphatic hydroxyl groups is 1. The second-order valence-electron chi connectivity index (χ2n) is 11.4. The minimum atomic E-state index is -1.08. The van der Waals surface area contributed by atoms with Crippen molar-refractivity contribution < 1.29 is 24.2 Å². The van der Waals surface area contributed by atoms with Gasteiger partial charge in [0.1, 0.15) is 11.6 Å². The fourth-order valence-electron chi connectivity index (χ4n) is 6.97. The summed E-state index contributed by atoms with van der Waals surface area (Å²) in [6.07, 6.45) is 7.29. The molecule has 9 heteroatoms. The summed E-state index contributed by atoms with van der Waals surface area (Å²) in [4.78, 5) is 47.9. The molecule has 1 aromatic rings. The lowest BCUT2D eigenvalue weighted by molar-refractivity contribution is -0.149. The number of hydrogen-bond donors (Lipinski definition) is 1. The highest BCUT2D eigenvalue weighted by atomic mass is 79.9. The third kappa shape index (κ3) is 6.18. The van der Waals surface area contributed by atoms with Crippen molar-refractivity contribution >= 4 is 33.7 Å². The zero-order valence-corrected chi connectivity index (χ0v) is 25.7. The normalized spacial score (nSPS) is 28.0. The van der Waals surface area contributed by atoms with Crippen LogP contribution in [0.15, 0.2) is 55.6 Å². The fourth-order valence-corrected chi connectivity index (χ4v) is 7.91. The molecular formula is C32H44BrN3O5. The number of nitrogens with zero attached hydrogens (tertiary/aromatic N) is 3. The Labute approximate surface area is 252 Å². The Kier molecular flexibility index (Phi) is 10.8. The van der Waals surface area contributed by atoms with Crippen molar-refractivity contribution in [3.63, 3.8) is 0 Å². The number of rotatable bonds is 16. The topological polar surface area (TPSA) is 90.4 Å². The first-order valence-corrected chi connectivity index (χ1v) is 15.8. The standard InChI is InChI=1S/C32H44BrN3O5/c1-4-16-34(17-5-2)29(38)25-26-30(39)36(19-12-7-8-13-20-37)28(32(26)21-24(33)27(25)41-32)31(40)35(18-6-3)22-23-14-10-9-11-15-23/h4,6,9-11,14-15,24-28,37H,1,3,5,7-8,12-13,16-22H2,2H3/t24?,25-,26-,27-,28?,32?/m0/s1. The number of amides is 3. The van der Waals surface area contributed by atoms with Gasteiger partial charge in [-0.2, -0.15) is 0 Å². The maximum atomic E-state index is 14.5. The van der Waals surface area contributed by atoms with E-state index in [-0.39, 0.29) is 29.2 Å². The lowest BCUT2D eigenvalue weighted by Gasteiger charge is -2.37. The number of ether oxygens (including phenoxy) is 1. The van der Waals surface area contributed by atoms with E-state index in [2.05, 4.69) is 29.1 Å². The van der Waals surface area contributed by atoms with Gasteiger partial charge >= 0.3 is 0 Å². The highest BCUT2D eigenvalue weighted by Crippen LogP contribution is 2.60. The maximum absolute atomic E-state index is 14.5. The van der Waals surface area contributed by atoms with Gasteiger partial charge in [-0.25, -0.2) is 0 Å². The highest BCUT2D eigenvalue weighted by Gasteiger charge is 2.76. The highest BCUT2D eigenvalue weighted by molar-refractivity contribution is 9.09. The molecule has 3 aliphatic heterocycles. The number of carbonyl (C=O) groups excluding carboxylic acids is 3. The van der Waals surface area contributed by atoms with Crippen molar-refractivity contribution in [2.24, 2.45) is 11.8 Å². The zero-order chi connectivity index (χ0) is 29.6. The summed E-state index contributed by atoms with van der Waals surface area (Å²) in [6.45, 7) is 11.9. The van der Waals surface area contributed by atoms with Crippen LogP contribution in [-0.4, -0.2) is 92.9 Å². The molecule has 41 heavy (non-hydrogen) atoms. The quantitative estimate of drug-likeness (QED) is 0.170. The number of benzene rings is 1. The Morgan fingerprint density at radius 3 is 2.44 bits per heavy atom. The average Bonchev–Trinajstić information content (AvgIpc) is 3.55. The summed E-state index contributed by atoms with van der Waals surface area (Å²) >= 11 is 3.77. The van der Waals surface area contributed by atoms with Crippen LogP contribution >= 0.6 is 15.9 Å². The minimum absolute atomic E-state index is 0.107. The van der Waals surface area contributed by atoms with Crippen molar-refractivity contribution in [3.8, 4) is 0 Å². The van der Waals surface area contributed by atoms with Gasteiger partial charge in [0.25, 0.3) is 0 Å². The molecule has 3 saturated heterocycles. The smallest absolute Gasteiger partial charge is 0.248 e. The van der Waals surface area contributed by atoms with Gasteiger partial charge in [-0.3, -0.25) is 14.4 Å². The second kappa shape index (κ2) is 14.1. The van der Waals surface area contributed by atoms with E-state index in [9.17, 15) is 19.5 Å². The number of hydrogen-bond acceptors (Lipinski definition) is 5. The number of unbranched alkanes of at least 4 members (excludes halogenated alkanes) is 3. The Morgan fingerprint density at radius 1 is 1.10 bits per heavy atom. The number of alkyl halides is 1. The van der Waals surface area contributed by atoms with Gasteiger partial charge in [-0.05, 0) is 31.2 Å². The molecule has 3 heterocycles. The molecular weight excluding hydrogens is 586 g/mol. The molecule has 3 fully saturated rings. The summed E-state index contributed by atoms with van der Waals surface area (Å²) in [5.41, 5.74) is -0.0973. The SMILES string of the molecule is C=CCN(Cc1ccccc1)C(=O)C1N(CCCCCCO)C(=O)[C@@H]2[C@H](C(=O)N(CC=C)CCC)[C@H]3OC12CC3Br. The van der Waals surface area contributed by atoms with Crippen LogP contribution < -0.4 is 0 Å². The fraction of sp³-hybridized carbons (Fsp3) is 0.594. The van der Waals surface area contributed by atoms with Crippen LogP contribution in [0.3, 0.4) is 0 Å². The van der Waals surface area contributed by atoms with Gasteiger partial charge in [-0.1, -0.05) is 78.2 Å². The molecule has 224 valence electrons. The van der Waals surface area contributed by atoms with Gasteiger partial charge in [-0.15, -0.1) is 13.2 Å². The minimum Gasteiger partial charge on any atom is -0.396 e. The molecule has 1 spiro atoms.